The van der Waals surface area contributed by atoms with E-state index < -0.39 is 10.0 Å². The fourth-order valence-corrected chi connectivity index (χ4v) is 4.90. The topological polar surface area (TPSA) is 67.4 Å². The SMILES string of the molecule is CNCc1csc(S(=O)(=O)NC2CCOC(C)(C)C2)c1. The Hall–Kier alpha value is -0.470. The fourth-order valence-electron chi connectivity index (χ4n) is 2.40. The molecule has 1 aromatic rings. The summed E-state index contributed by atoms with van der Waals surface area (Å²) in [6, 6.07) is 1.67. The molecule has 0 saturated carbocycles. The molecule has 2 N–H and O–H groups in total. The highest BCUT2D eigenvalue weighted by Gasteiger charge is 2.32. The summed E-state index contributed by atoms with van der Waals surface area (Å²) in [5, 5.41) is 4.89. The Morgan fingerprint density at radius 1 is 1.50 bits per heavy atom. The van der Waals surface area contributed by atoms with Gasteiger partial charge in [0, 0.05) is 19.2 Å². The Morgan fingerprint density at radius 3 is 2.90 bits per heavy atom. The molecule has 114 valence electrons. The van der Waals surface area contributed by atoms with Crippen molar-refractivity contribution in [1.82, 2.24) is 10.0 Å². The summed E-state index contributed by atoms with van der Waals surface area (Å²) in [5.41, 5.74) is 0.725. The molecule has 7 heteroatoms. The Bertz CT molecular complexity index is 552. The molecule has 0 bridgehead atoms. The molecule has 0 aliphatic carbocycles. The molecule has 2 heterocycles. The summed E-state index contributed by atoms with van der Waals surface area (Å²) in [6.45, 7) is 5.25. The Morgan fingerprint density at radius 2 is 2.25 bits per heavy atom. The van der Waals surface area contributed by atoms with Crippen molar-refractivity contribution in [3.8, 4) is 0 Å². The zero-order valence-corrected chi connectivity index (χ0v) is 13.7. The van der Waals surface area contributed by atoms with Crippen molar-refractivity contribution < 1.29 is 13.2 Å². The first-order valence-electron chi connectivity index (χ1n) is 6.71. The van der Waals surface area contributed by atoms with Gasteiger partial charge in [0.25, 0.3) is 0 Å². The maximum Gasteiger partial charge on any atom is 0.250 e. The van der Waals surface area contributed by atoms with E-state index in [-0.39, 0.29) is 11.6 Å². The van der Waals surface area contributed by atoms with Crippen molar-refractivity contribution >= 4 is 21.4 Å². The second kappa shape index (κ2) is 6.11. The number of hydrogen-bond acceptors (Lipinski definition) is 5. The lowest BCUT2D eigenvalue weighted by atomic mass is 9.95. The van der Waals surface area contributed by atoms with Gasteiger partial charge in [0.2, 0.25) is 10.0 Å². The number of sulfonamides is 1. The average molecular weight is 318 g/mol. The van der Waals surface area contributed by atoms with E-state index in [1.54, 1.807) is 6.07 Å². The van der Waals surface area contributed by atoms with Gasteiger partial charge in [-0.1, -0.05) is 0 Å². The lowest BCUT2D eigenvalue weighted by Gasteiger charge is -2.35. The summed E-state index contributed by atoms with van der Waals surface area (Å²) in [5.74, 6) is 0. The molecule has 1 unspecified atom stereocenters. The molecule has 0 amide bonds. The molecule has 20 heavy (non-hydrogen) atoms. The maximum atomic E-state index is 12.4. The zero-order chi connectivity index (χ0) is 14.8. The molecule has 1 atom stereocenters. The third-order valence-corrected chi connectivity index (χ3v) is 6.30. The zero-order valence-electron chi connectivity index (χ0n) is 12.1. The van der Waals surface area contributed by atoms with Crippen molar-refractivity contribution in [2.45, 2.75) is 49.1 Å². The summed E-state index contributed by atoms with van der Waals surface area (Å²) in [7, 11) is -1.58. The van der Waals surface area contributed by atoms with E-state index in [4.69, 9.17) is 4.74 Å². The van der Waals surface area contributed by atoms with Gasteiger partial charge in [-0.15, -0.1) is 11.3 Å². The molecule has 1 fully saturated rings. The molecule has 1 aliphatic heterocycles. The van der Waals surface area contributed by atoms with Gasteiger partial charge >= 0.3 is 0 Å². The molecule has 0 aromatic carbocycles. The minimum atomic E-state index is -3.42. The molecule has 2 rings (SSSR count). The summed E-state index contributed by atoms with van der Waals surface area (Å²) in [4.78, 5) is 0. The van der Waals surface area contributed by atoms with Crippen molar-refractivity contribution in [3.63, 3.8) is 0 Å². The van der Waals surface area contributed by atoms with Crippen LogP contribution in [0.1, 0.15) is 32.3 Å². The third kappa shape index (κ3) is 4.02. The first-order chi connectivity index (χ1) is 9.32. The third-order valence-electron chi connectivity index (χ3n) is 3.29. The Labute approximate surface area is 124 Å². The minimum absolute atomic E-state index is 0.0569. The van der Waals surface area contributed by atoms with E-state index in [2.05, 4.69) is 10.0 Å². The van der Waals surface area contributed by atoms with Crippen molar-refractivity contribution in [2.75, 3.05) is 13.7 Å². The van der Waals surface area contributed by atoms with E-state index in [9.17, 15) is 8.42 Å². The normalized spacial score (nSPS) is 22.9. The largest absolute Gasteiger partial charge is 0.375 e. The van der Waals surface area contributed by atoms with E-state index in [0.29, 0.717) is 23.8 Å². The molecule has 1 saturated heterocycles. The Kier molecular flexibility index (Phi) is 4.86. The fraction of sp³-hybridized carbons (Fsp3) is 0.692. The number of ether oxygens (including phenoxy) is 1. The number of thiophene rings is 1. The highest BCUT2D eigenvalue weighted by atomic mass is 32.2. The van der Waals surface area contributed by atoms with E-state index in [1.165, 1.54) is 11.3 Å². The number of rotatable bonds is 5. The summed E-state index contributed by atoms with van der Waals surface area (Å²) >= 11 is 1.26. The smallest absolute Gasteiger partial charge is 0.250 e. The van der Waals surface area contributed by atoms with Gasteiger partial charge in [0.05, 0.1) is 5.60 Å². The second-order valence-electron chi connectivity index (χ2n) is 5.72. The van der Waals surface area contributed by atoms with Crippen LogP contribution < -0.4 is 10.0 Å². The highest BCUT2D eigenvalue weighted by molar-refractivity contribution is 7.91. The van der Waals surface area contributed by atoms with Crippen LogP contribution in [0.4, 0.5) is 0 Å². The second-order valence-corrected chi connectivity index (χ2v) is 8.58. The van der Waals surface area contributed by atoms with Crippen LogP contribution >= 0.6 is 11.3 Å². The van der Waals surface area contributed by atoms with Gasteiger partial charge < -0.3 is 10.1 Å². The molecule has 0 radical (unpaired) electrons. The first kappa shape index (κ1) is 15.9. The van der Waals surface area contributed by atoms with E-state index in [1.807, 2.05) is 26.3 Å². The van der Waals surface area contributed by atoms with Gasteiger partial charge in [0.1, 0.15) is 4.21 Å². The van der Waals surface area contributed by atoms with Crippen LogP contribution in [0.3, 0.4) is 0 Å². The quantitative estimate of drug-likeness (QED) is 0.867. The van der Waals surface area contributed by atoms with E-state index >= 15 is 0 Å². The Balaban J connectivity index is 2.06. The number of nitrogens with one attached hydrogen (secondary N) is 2. The first-order valence-corrected chi connectivity index (χ1v) is 9.07. The van der Waals surface area contributed by atoms with Crippen LogP contribution in [-0.4, -0.2) is 33.7 Å². The van der Waals surface area contributed by atoms with Gasteiger partial charge in [-0.05, 0) is 50.7 Å². The minimum Gasteiger partial charge on any atom is -0.375 e. The summed E-state index contributed by atoms with van der Waals surface area (Å²) in [6.07, 6.45) is 1.42. The van der Waals surface area contributed by atoms with Gasteiger partial charge in [-0.3, -0.25) is 0 Å². The highest BCUT2D eigenvalue weighted by Crippen LogP contribution is 2.26. The molecular formula is C13H22N2O3S2. The van der Waals surface area contributed by atoms with Crippen LogP contribution in [-0.2, 0) is 21.3 Å². The number of hydrogen-bond donors (Lipinski definition) is 2. The van der Waals surface area contributed by atoms with Gasteiger partial charge in [0.15, 0.2) is 0 Å². The summed E-state index contributed by atoms with van der Waals surface area (Å²) < 4.78 is 33.5. The van der Waals surface area contributed by atoms with Gasteiger partial charge in [-0.2, -0.15) is 0 Å². The van der Waals surface area contributed by atoms with Crippen molar-refractivity contribution in [2.24, 2.45) is 0 Å². The lowest BCUT2D eigenvalue weighted by Crippen LogP contribution is -2.45. The standard InChI is InChI=1S/C13H22N2O3S2/c1-13(2)7-11(4-5-18-13)15-20(16,17)12-6-10(8-14-3)9-19-12/h6,9,11,14-15H,4-5,7-8H2,1-3H3. The molecule has 5 nitrogen and oxygen atoms in total. The predicted octanol–water partition coefficient (Wildman–Crippen LogP) is 1.70. The van der Waals surface area contributed by atoms with Crippen LogP contribution in [0.2, 0.25) is 0 Å². The molecular weight excluding hydrogens is 296 g/mol. The maximum absolute atomic E-state index is 12.4. The van der Waals surface area contributed by atoms with Crippen LogP contribution in [0, 0.1) is 0 Å². The van der Waals surface area contributed by atoms with Crippen LogP contribution in [0.25, 0.3) is 0 Å². The van der Waals surface area contributed by atoms with E-state index in [0.717, 1.165) is 12.0 Å². The van der Waals surface area contributed by atoms with Crippen LogP contribution in [0.5, 0.6) is 0 Å². The van der Waals surface area contributed by atoms with Crippen molar-refractivity contribution in [3.05, 3.63) is 17.0 Å². The monoisotopic (exact) mass is 318 g/mol. The molecule has 1 aliphatic rings. The van der Waals surface area contributed by atoms with Gasteiger partial charge in [-0.25, -0.2) is 13.1 Å². The average Bonchev–Trinajstić information content (AvgIpc) is 2.77. The van der Waals surface area contributed by atoms with Crippen LogP contribution in [0.15, 0.2) is 15.7 Å². The molecule has 1 aromatic heterocycles. The van der Waals surface area contributed by atoms with Crippen molar-refractivity contribution in [1.29, 1.82) is 0 Å². The molecule has 0 spiro atoms. The lowest BCUT2D eigenvalue weighted by molar-refractivity contribution is -0.0599. The predicted molar refractivity (Wildman–Crippen MR) is 80.5 cm³/mol.